The predicted molar refractivity (Wildman–Crippen MR) is 136 cm³/mol. The lowest BCUT2D eigenvalue weighted by atomic mass is 9.90. The number of fused-ring (bicyclic) bond motifs is 2. The largest absolute Gasteiger partial charge is 0.487 e. The van der Waals surface area contributed by atoms with Gasteiger partial charge in [-0.1, -0.05) is 31.4 Å². The van der Waals surface area contributed by atoms with Gasteiger partial charge >= 0.3 is 6.18 Å². The van der Waals surface area contributed by atoms with Crippen LogP contribution in [0, 0.1) is 0 Å². The summed E-state index contributed by atoms with van der Waals surface area (Å²) in [5, 5.41) is 0. The molecule has 4 rings (SSSR count). The molecule has 200 valence electrons. The number of hydrogen-bond acceptors (Lipinski definition) is 3. The van der Waals surface area contributed by atoms with Crippen molar-refractivity contribution in [3.8, 4) is 5.75 Å². The molecule has 0 N–H and O–H groups in total. The van der Waals surface area contributed by atoms with E-state index in [1.807, 2.05) is 24.0 Å². The number of amides is 2. The fraction of sp³-hybridized carbons (Fsp3) is 0.517. The van der Waals surface area contributed by atoms with Crippen LogP contribution in [0.25, 0.3) is 0 Å². The summed E-state index contributed by atoms with van der Waals surface area (Å²) in [5.41, 5.74) is -0.00900. The minimum absolute atomic E-state index is 0.0554. The molecule has 0 spiro atoms. The van der Waals surface area contributed by atoms with Crippen molar-refractivity contribution in [2.45, 2.75) is 76.6 Å². The van der Waals surface area contributed by atoms with Gasteiger partial charge in [0.05, 0.1) is 17.2 Å². The van der Waals surface area contributed by atoms with Crippen LogP contribution in [0.2, 0.25) is 0 Å². The smallest absolute Gasteiger partial charge is 0.416 e. The van der Waals surface area contributed by atoms with Gasteiger partial charge in [-0.25, -0.2) is 0 Å². The molecule has 0 unspecified atom stereocenters. The molecule has 0 bridgehead atoms. The lowest BCUT2D eigenvalue weighted by Crippen LogP contribution is -2.51. The molecule has 37 heavy (non-hydrogen) atoms. The maximum atomic E-state index is 13.7. The molecule has 0 saturated heterocycles. The molecule has 2 aromatic rings. The maximum Gasteiger partial charge on any atom is 0.416 e. The minimum Gasteiger partial charge on any atom is -0.487 e. The predicted octanol–water partition coefficient (Wildman–Crippen LogP) is 6.57. The van der Waals surface area contributed by atoms with E-state index in [0.717, 1.165) is 63.5 Å². The molecule has 0 aromatic heterocycles. The molecule has 1 saturated carbocycles. The molecule has 1 aliphatic heterocycles. The zero-order valence-electron chi connectivity index (χ0n) is 21.3. The number of alkyl halides is 3. The first-order valence-corrected chi connectivity index (χ1v) is 13.3. The van der Waals surface area contributed by atoms with Crippen LogP contribution in [0.15, 0.2) is 48.5 Å². The Morgan fingerprint density at radius 3 is 2.30 bits per heavy atom. The molecule has 2 aliphatic rings. The van der Waals surface area contributed by atoms with Crippen molar-refractivity contribution in [2.24, 2.45) is 0 Å². The summed E-state index contributed by atoms with van der Waals surface area (Å²) in [4.78, 5) is 30.7. The topological polar surface area (TPSA) is 49.9 Å². The Morgan fingerprint density at radius 2 is 1.59 bits per heavy atom. The van der Waals surface area contributed by atoms with Crippen LogP contribution in [0.5, 0.6) is 5.75 Å². The van der Waals surface area contributed by atoms with Crippen molar-refractivity contribution in [1.82, 2.24) is 9.80 Å². The summed E-state index contributed by atoms with van der Waals surface area (Å²) in [7, 11) is 0. The fourth-order valence-corrected chi connectivity index (χ4v) is 5.38. The quantitative estimate of drug-likeness (QED) is 0.453. The third kappa shape index (κ3) is 6.46. The highest BCUT2D eigenvalue weighted by Crippen LogP contribution is 2.32. The molecule has 1 heterocycles. The van der Waals surface area contributed by atoms with Crippen LogP contribution in [-0.2, 0) is 6.18 Å². The summed E-state index contributed by atoms with van der Waals surface area (Å²) in [5.74, 6) is 0.185. The first kappa shape index (κ1) is 27.0. The average Bonchev–Trinajstić information content (AvgIpc) is 2.90. The normalized spacial score (nSPS) is 21.9. The number of hydrogen-bond donors (Lipinski definition) is 0. The monoisotopic (exact) mass is 516 g/mol. The number of nitrogens with zero attached hydrogens (tertiary/aromatic N) is 2. The van der Waals surface area contributed by atoms with Gasteiger partial charge in [0.15, 0.2) is 0 Å². The first-order chi connectivity index (χ1) is 17.8. The fourth-order valence-electron chi connectivity index (χ4n) is 5.38. The van der Waals surface area contributed by atoms with Crippen LogP contribution < -0.4 is 4.74 Å². The Balaban J connectivity index is 1.66. The second-order valence-corrected chi connectivity index (χ2v) is 9.88. The van der Waals surface area contributed by atoms with E-state index in [0.29, 0.717) is 30.9 Å². The standard InChI is InChI=1S/C29H35F3N2O3/c1-2-33-19-9-3-4-10-20-34(27(35)21-15-17-22(18-16-21)29(30,31)32)24-12-6-8-14-26(24)37-25-13-7-5-11-23(25)28(33)36/h5,7,11,13,15-18,24,26H,2-4,6,8-10,12,14,19-20H2,1H3/t24-,26+/m1/s1. The first-order valence-electron chi connectivity index (χ1n) is 13.3. The molecule has 1 fully saturated rings. The highest BCUT2D eigenvalue weighted by atomic mass is 19.4. The number of rotatable bonds is 2. The number of halogens is 3. The second kappa shape index (κ2) is 12.0. The maximum absolute atomic E-state index is 13.7. The van der Waals surface area contributed by atoms with Crippen LogP contribution in [-0.4, -0.2) is 53.4 Å². The Hall–Kier alpha value is -3.03. The van der Waals surface area contributed by atoms with E-state index in [2.05, 4.69) is 0 Å². The zero-order chi connectivity index (χ0) is 26.4. The third-order valence-corrected chi connectivity index (χ3v) is 7.43. The lowest BCUT2D eigenvalue weighted by Gasteiger charge is -2.40. The zero-order valence-corrected chi connectivity index (χ0v) is 21.3. The lowest BCUT2D eigenvalue weighted by molar-refractivity contribution is -0.137. The van der Waals surface area contributed by atoms with Crippen molar-refractivity contribution in [3.05, 3.63) is 65.2 Å². The van der Waals surface area contributed by atoms with E-state index >= 15 is 0 Å². The van der Waals surface area contributed by atoms with E-state index in [1.165, 1.54) is 12.1 Å². The van der Waals surface area contributed by atoms with Gasteiger partial charge in [-0.15, -0.1) is 0 Å². The number of ether oxygens (including phenoxy) is 1. The second-order valence-electron chi connectivity index (χ2n) is 9.88. The summed E-state index contributed by atoms with van der Waals surface area (Å²) in [6.45, 7) is 3.77. The Bertz CT molecular complexity index is 1070. The van der Waals surface area contributed by atoms with Crippen molar-refractivity contribution in [1.29, 1.82) is 0 Å². The summed E-state index contributed by atoms with van der Waals surface area (Å²) < 4.78 is 45.7. The van der Waals surface area contributed by atoms with Crippen LogP contribution in [0.4, 0.5) is 13.2 Å². The van der Waals surface area contributed by atoms with Crippen LogP contribution in [0.3, 0.4) is 0 Å². The highest BCUT2D eigenvalue weighted by molar-refractivity contribution is 5.97. The van der Waals surface area contributed by atoms with Crippen molar-refractivity contribution in [2.75, 3.05) is 19.6 Å². The molecular formula is C29H35F3N2O3. The van der Waals surface area contributed by atoms with Gasteiger partial charge < -0.3 is 14.5 Å². The number of benzene rings is 2. The highest BCUT2D eigenvalue weighted by Gasteiger charge is 2.36. The van der Waals surface area contributed by atoms with Crippen molar-refractivity contribution in [3.63, 3.8) is 0 Å². The summed E-state index contributed by atoms with van der Waals surface area (Å²) in [6, 6.07) is 11.5. The van der Waals surface area contributed by atoms with Crippen LogP contribution in [0.1, 0.15) is 84.6 Å². The van der Waals surface area contributed by atoms with E-state index in [4.69, 9.17) is 4.74 Å². The molecule has 5 nitrogen and oxygen atoms in total. The SMILES string of the molecule is CCN1CCCCCCN(C(=O)c2ccc(C(F)(F)F)cc2)[C@@H]2CCCC[C@@H]2Oc2ccccc2C1=O. The Labute approximate surface area is 216 Å². The molecule has 8 heteroatoms. The number of para-hydroxylation sites is 1. The van der Waals surface area contributed by atoms with Gasteiger partial charge in [-0.2, -0.15) is 13.2 Å². The molecule has 2 atom stereocenters. The van der Waals surface area contributed by atoms with E-state index < -0.39 is 11.7 Å². The van der Waals surface area contributed by atoms with Crippen molar-refractivity contribution >= 4 is 11.8 Å². The number of carbonyl (C=O) groups is 2. The number of carbonyl (C=O) groups excluding carboxylic acids is 2. The van der Waals surface area contributed by atoms with Gasteiger partial charge in [0.25, 0.3) is 11.8 Å². The third-order valence-electron chi connectivity index (χ3n) is 7.43. The molecule has 0 radical (unpaired) electrons. The Morgan fingerprint density at radius 1 is 0.919 bits per heavy atom. The van der Waals surface area contributed by atoms with Gasteiger partial charge in [0.1, 0.15) is 11.9 Å². The summed E-state index contributed by atoms with van der Waals surface area (Å²) in [6.07, 6.45) is 2.08. The summed E-state index contributed by atoms with van der Waals surface area (Å²) >= 11 is 0. The van der Waals surface area contributed by atoms with Gasteiger partial charge in [-0.05, 0) is 75.4 Å². The molecule has 2 aromatic carbocycles. The van der Waals surface area contributed by atoms with Gasteiger partial charge in [0, 0.05) is 25.2 Å². The Kier molecular flexibility index (Phi) is 8.77. The molecule has 1 aliphatic carbocycles. The molecule has 2 amide bonds. The molecular weight excluding hydrogens is 481 g/mol. The van der Waals surface area contributed by atoms with Crippen molar-refractivity contribution < 1.29 is 27.5 Å². The average molecular weight is 517 g/mol. The van der Waals surface area contributed by atoms with E-state index in [1.54, 1.807) is 17.0 Å². The van der Waals surface area contributed by atoms with Gasteiger partial charge in [-0.3, -0.25) is 9.59 Å². The van der Waals surface area contributed by atoms with Gasteiger partial charge in [0.2, 0.25) is 0 Å². The van der Waals surface area contributed by atoms with E-state index in [9.17, 15) is 22.8 Å². The van der Waals surface area contributed by atoms with E-state index in [-0.39, 0.29) is 29.5 Å². The van der Waals surface area contributed by atoms with Crippen LogP contribution >= 0.6 is 0 Å². The minimum atomic E-state index is -4.45.